The number of anilines is 3. The molecular formula is C24H21LiN2O5S. The van der Waals surface area contributed by atoms with Gasteiger partial charge in [-0.05, 0) is 29.2 Å². The van der Waals surface area contributed by atoms with Crippen LogP contribution in [0.4, 0.5) is 17.1 Å². The fourth-order valence-electron chi connectivity index (χ4n) is 3.81. The maximum Gasteiger partial charge on any atom is 1.00 e. The monoisotopic (exact) mass is 456 g/mol. The van der Waals surface area contributed by atoms with E-state index in [1.165, 1.54) is 12.1 Å². The second-order valence-corrected chi connectivity index (χ2v) is 10.0. The van der Waals surface area contributed by atoms with Crippen LogP contribution in [0.3, 0.4) is 0 Å². The summed E-state index contributed by atoms with van der Waals surface area (Å²) < 4.78 is 35.6. The zero-order valence-corrected chi connectivity index (χ0v) is 19.5. The van der Waals surface area contributed by atoms with Crippen molar-refractivity contribution in [3.63, 3.8) is 0 Å². The molecule has 3 aromatic carbocycles. The van der Waals surface area contributed by atoms with E-state index in [9.17, 15) is 22.6 Å². The molecule has 0 saturated heterocycles. The first-order chi connectivity index (χ1) is 14.9. The van der Waals surface area contributed by atoms with Gasteiger partial charge in [0.25, 0.3) is 0 Å². The predicted octanol–water partition coefficient (Wildman–Crippen LogP) is 0.993. The topological polar surface area (TPSA) is 129 Å². The SMILES string of the molecule is CC(C)(C)c1ccc(Nc2cc(S(=O)(=O)[O-])c(N)c3c2C(=O)c2ccccc2C3=O)cc1.[Li+]. The van der Waals surface area contributed by atoms with Gasteiger partial charge in [-0.25, -0.2) is 8.42 Å². The fourth-order valence-corrected chi connectivity index (χ4v) is 4.44. The molecule has 0 radical (unpaired) electrons. The molecule has 1 aliphatic carbocycles. The standard InChI is InChI=1S/C24H22N2O5S.Li/c1-24(2,3)13-8-10-14(11-9-13)26-17-12-18(32(29,30)31)21(25)20-19(17)22(27)15-6-4-5-7-16(15)23(20)28;/h4-12,26H,25H2,1-3H3,(H,29,30,31);/q;+1/p-1. The van der Waals surface area contributed by atoms with Crippen molar-refractivity contribution in [2.45, 2.75) is 31.1 Å². The van der Waals surface area contributed by atoms with Crippen LogP contribution in [0.1, 0.15) is 58.2 Å². The van der Waals surface area contributed by atoms with Crippen molar-refractivity contribution >= 4 is 38.7 Å². The smallest absolute Gasteiger partial charge is 0.744 e. The van der Waals surface area contributed by atoms with Gasteiger partial charge in [0, 0.05) is 16.8 Å². The molecule has 0 bridgehead atoms. The van der Waals surface area contributed by atoms with Gasteiger partial charge in [-0.3, -0.25) is 9.59 Å². The first-order valence-electron chi connectivity index (χ1n) is 9.88. The third-order valence-corrected chi connectivity index (χ3v) is 6.38. The van der Waals surface area contributed by atoms with Crippen molar-refractivity contribution in [1.82, 2.24) is 0 Å². The van der Waals surface area contributed by atoms with E-state index >= 15 is 0 Å². The molecule has 0 aliphatic heterocycles. The first-order valence-corrected chi connectivity index (χ1v) is 11.3. The van der Waals surface area contributed by atoms with Gasteiger partial charge in [-0.15, -0.1) is 0 Å². The normalized spacial score (nSPS) is 13.1. The van der Waals surface area contributed by atoms with Crippen LogP contribution < -0.4 is 29.9 Å². The Kier molecular flexibility index (Phi) is 6.35. The van der Waals surface area contributed by atoms with Crippen LogP contribution in [0.2, 0.25) is 0 Å². The van der Waals surface area contributed by atoms with E-state index in [1.807, 2.05) is 12.1 Å². The number of hydrogen-bond donors (Lipinski definition) is 2. The Morgan fingerprint density at radius 1 is 0.879 bits per heavy atom. The van der Waals surface area contributed by atoms with E-state index in [1.54, 1.807) is 24.3 Å². The van der Waals surface area contributed by atoms with E-state index in [-0.39, 0.29) is 52.2 Å². The van der Waals surface area contributed by atoms with Gasteiger partial charge < -0.3 is 15.6 Å². The quantitative estimate of drug-likeness (QED) is 0.267. The third kappa shape index (κ3) is 4.35. The van der Waals surface area contributed by atoms with E-state index in [0.717, 1.165) is 11.6 Å². The summed E-state index contributed by atoms with van der Waals surface area (Å²) in [4.78, 5) is 25.7. The number of nitrogens with two attached hydrogens (primary N) is 1. The van der Waals surface area contributed by atoms with E-state index in [4.69, 9.17) is 5.73 Å². The van der Waals surface area contributed by atoms with Crippen LogP contribution in [0.15, 0.2) is 59.5 Å². The van der Waals surface area contributed by atoms with E-state index in [0.29, 0.717) is 5.69 Å². The zero-order valence-electron chi connectivity index (χ0n) is 18.7. The minimum absolute atomic E-state index is 0. The molecule has 0 amide bonds. The molecule has 0 spiro atoms. The third-order valence-electron chi connectivity index (χ3n) is 5.50. The Bertz CT molecular complexity index is 1390. The molecule has 33 heavy (non-hydrogen) atoms. The van der Waals surface area contributed by atoms with Crippen molar-refractivity contribution in [2.75, 3.05) is 11.1 Å². The molecule has 3 aromatic rings. The van der Waals surface area contributed by atoms with Crippen molar-refractivity contribution in [1.29, 1.82) is 0 Å². The summed E-state index contributed by atoms with van der Waals surface area (Å²) in [5, 5.41) is 3.00. The Balaban J connectivity index is 0.00000306. The van der Waals surface area contributed by atoms with E-state index in [2.05, 4.69) is 26.1 Å². The number of rotatable bonds is 3. The number of carbonyl (C=O) groups excluding carboxylic acids is 2. The molecule has 0 fully saturated rings. The van der Waals surface area contributed by atoms with Crippen LogP contribution in [0, 0.1) is 0 Å². The zero-order chi connectivity index (χ0) is 23.4. The Labute approximate surface area is 204 Å². The molecule has 0 unspecified atom stereocenters. The summed E-state index contributed by atoms with van der Waals surface area (Å²) in [6, 6.07) is 14.6. The fraction of sp³-hybridized carbons (Fsp3) is 0.167. The number of nitrogen functional groups attached to an aromatic ring is 1. The Hall–Kier alpha value is -2.89. The number of nitrogens with one attached hydrogen (secondary N) is 1. The van der Waals surface area contributed by atoms with Gasteiger partial charge in [0.15, 0.2) is 11.6 Å². The molecule has 0 aromatic heterocycles. The molecule has 9 heteroatoms. The number of benzene rings is 3. The number of hydrogen-bond acceptors (Lipinski definition) is 7. The minimum Gasteiger partial charge on any atom is -0.744 e. The van der Waals surface area contributed by atoms with Gasteiger partial charge in [0.2, 0.25) is 0 Å². The summed E-state index contributed by atoms with van der Waals surface area (Å²) in [5.41, 5.74) is 6.98. The van der Waals surface area contributed by atoms with Crippen LogP contribution in [-0.4, -0.2) is 24.5 Å². The average Bonchev–Trinajstić information content (AvgIpc) is 2.72. The summed E-state index contributed by atoms with van der Waals surface area (Å²) in [5.74, 6) is -1.09. The molecule has 4 rings (SSSR count). The second-order valence-electron chi connectivity index (χ2n) is 8.70. The maximum absolute atomic E-state index is 13.3. The summed E-state index contributed by atoms with van der Waals surface area (Å²) in [6.07, 6.45) is 0. The molecule has 1 aliphatic rings. The van der Waals surface area contributed by atoms with Crippen LogP contribution in [0.5, 0.6) is 0 Å². The van der Waals surface area contributed by atoms with E-state index < -0.39 is 32.3 Å². The number of carbonyl (C=O) groups is 2. The summed E-state index contributed by atoms with van der Waals surface area (Å²) in [7, 11) is -5.00. The molecule has 0 heterocycles. The van der Waals surface area contributed by atoms with Crippen molar-refractivity contribution in [3.8, 4) is 0 Å². The second kappa shape index (κ2) is 8.47. The molecule has 0 atom stereocenters. The van der Waals surface area contributed by atoms with Gasteiger partial charge in [-0.2, -0.15) is 0 Å². The largest absolute Gasteiger partial charge is 1.00 e. The van der Waals surface area contributed by atoms with Gasteiger partial charge >= 0.3 is 18.9 Å². The van der Waals surface area contributed by atoms with Crippen LogP contribution in [0.25, 0.3) is 0 Å². The van der Waals surface area contributed by atoms with Gasteiger partial charge in [0.05, 0.1) is 27.4 Å². The van der Waals surface area contributed by atoms with Crippen molar-refractivity contribution in [2.24, 2.45) is 0 Å². The first kappa shape index (κ1) is 24.7. The summed E-state index contributed by atoms with van der Waals surface area (Å²) in [6.45, 7) is 6.21. The molecule has 3 N–H and O–H groups in total. The predicted molar refractivity (Wildman–Crippen MR) is 121 cm³/mol. The Morgan fingerprint density at radius 3 is 1.88 bits per heavy atom. The van der Waals surface area contributed by atoms with Crippen LogP contribution in [-0.2, 0) is 15.5 Å². The average molecular weight is 456 g/mol. The number of ketones is 2. The minimum atomic E-state index is -5.00. The molecular weight excluding hydrogens is 435 g/mol. The Morgan fingerprint density at radius 2 is 1.39 bits per heavy atom. The van der Waals surface area contributed by atoms with Gasteiger partial charge in [-0.1, -0.05) is 57.2 Å². The number of fused-ring (bicyclic) bond motifs is 2. The van der Waals surface area contributed by atoms with Crippen molar-refractivity contribution < 1.29 is 41.4 Å². The maximum atomic E-state index is 13.3. The molecule has 164 valence electrons. The van der Waals surface area contributed by atoms with Gasteiger partial charge in [0.1, 0.15) is 10.1 Å². The van der Waals surface area contributed by atoms with Crippen LogP contribution >= 0.6 is 0 Å². The summed E-state index contributed by atoms with van der Waals surface area (Å²) >= 11 is 0. The molecule has 7 nitrogen and oxygen atoms in total. The molecule has 0 saturated carbocycles. The van der Waals surface area contributed by atoms with Crippen molar-refractivity contribution in [3.05, 3.63) is 82.4 Å².